The van der Waals surface area contributed by atoms with Crippen LogP contribution in [0.15, 0.2) is 48.5 Å². The first kappa shape index (κ1) is 18.2. The van der Waals surface area contributed by atoms with Gasteiger partial charge in [-0.15, -0.1) is 0 Å². The average molecular weight is 380 g/mol. The first-order valence-electron chi connectivity index (χ1n) is 9.12. The molecule has 0 N–H and O–H groups in total. The van der Waals surface area contributed by atoms with Crippen LogP contribution in [-0.2, 0) is 9.57 Å². The lowest BCUT2D eigenvalue weighted by atomic mass is 10.1. The van der Waals surface area contributed by atoms with Crippen LogP contribution in [0.3, 0.4) is 0 Å². The molecular formula is C21H20N2O5. The summed E-state index contributed by atoms with van der Waals surface area (Å²) in [6.07, 6.45) is 1.07. The number of fused-ring (bicyclic) bond motifs is 1. The zero-order valence-corrected chi connectivity index (χ0v) is 15.5. The number of anilines is 1. The highest BCUT2D eigenvalue weighted by atomic mass is 16.7. The van der Waals surface area contributed by atoms with E-state index in [1.807, 2.05) is 12.1 Å². The topological polar surface area (TPSA) is 76.2 Å². The number of ether oxygens (including phenoxy) is 1. The van der Waals surface area contributed by atoms with Crippen molar-refractivity contribution in [2.75, 3.05) is 31.7 Å². The maximum Gasteiger partial charge on any atom is 0.363 e. The van der Waals surface area contributed by atoms with Crippen LogP contribution in [0.4, 0.5) is 5.69 Å². The molecule has 7 heteroatoms. The SMILES string of the molecule is COCC1CCN(c2ccc(C(=O)ON3C(=O)c4ccccc4C3=O)cc2)C1. The fourth-order valence-electron chi connectivity index (χ4n) is 3.63. The molecule has 4 rings (SSSR count). The van der Waals surface area contributed by atoms with Crippen LogP contribution in [0, 0.1) is 5.92 Å². The Kier molecular flexibility index (Phi) is 4.83. The molecule has 2 aromatic rings. The van der Waals surface area contributed by atoms with Crippen molar-refractivity contribution in [3.8, 4) is 0 Å². The molecule has 2 aromatic carbocycles. The molecule has 0 bridgehead atoms. The van der Waals surface area contributed by atoms with Gasteiger partial charge in [0.15, 0.2) is 0 Å². The summed E-state index contributed by atoms with van der Waals surface area (Å²) in [6.45, 7) is 2.58. The van der Waals surface area contributed by atoms with Gasteiger partial charge in [-0.25, -0.2) is 4.79 Å². The minimum Gasteiger partial charge on any atom is -0.384 e. The second kappa shape index (κ2) is 7.44. The maximum absolute atomic E-state index is 12.4. The molecule has 2 aliphatic heterocycles. The number of hydrogen-bond acceptors (Lipinski definition) is 6. The molecule has 1 atom stereocenters. The molecule has 0 aliphatic carbocycles. The number of hydroxylamine groups is 2. The summed E-state index contributed by atoms with van der Waals surface area (Å²) in [4.78, 5) is 44.3. The number of methoxy groups -OCH3 is 1. The van der Waals surface area contributed by atoms with E-state index in [0.29, 0.717) is 11.0 Å². The summed E-state index contributed by atoms with van der Waals surface area (Å²) < 4.78 is 5.22. The molecule has 7 nitrogen and oxygen atoms in total. The Balaban J connectivity index is 1.42. The number of amides is 2. The Morgan fingerprint density at radius 1 is 1.04 bits per heavy atom. The number of nitrogens with zero attached hydrogens (tertiary/aromatic N) is 2. The summed E-state index contributed by atoms with van der Waals surface area (Å²) in [5.41, 5.74) is 1.74. The third-order valence-corrected chi connectivity index (χ3v) is 5.09. The number of rotatable bonds is 5. The van der Waals surface area contributed by atoms with Crippen LogP contribution in [-0.4, -0.2) is 49.7 Å². The zero-order valence-electron chi connectivity index (χ0n) is 15.5. The summed E-state index contributed by atoms with van der Waals surface area (Å²) >= 11 is 0. The molecule has 1 unspecified atom stereocenters. The molecule has 0 saturated carbocycles. The molecule has 144 valence electrons. The van der Waals surface area contributed by atoms with Gasteiger partial charge in [0.1, 0.15) is 0 Å². The standard InChI is InChI=1S/C21H20N2O5/c1-27-13-14-10-11-22(12-14)16-8-6-15(7-9-16)21(26)28-23-19(24)17-4-2-3-5-18(17)20(23)25/h2-9,14H,10-13H2,1H3. The van der Waals surface area contributed by atoms with Crippen molar-refractivity contribution in [1.29, 1.82) is 0 Å². The summed E-state index contributed by atoms with van der Waals surface area (Å²) in [6, 6.07) is 13.3. The van der Waals surface area contributed by atoms with Gasteiger partial charge in [-0.1, -0.05) is 17.2 Å². The van der Waals surface area contributed by atoms with Gasteiger partial charge < -0.3 is 14.5 Å². The van der Waals surface area contributed by atoms with E-state index in [2.05, 4.69) is 4.90 Å². The van der Waals surface area contributed by atoms with Crippen LogP contribution in [0.1, 0.15) is 37.5 Å². The molecule has 0 radical (unpaired) electrons. The molecule has 28 heavy (non-hydrogen) atoms. The van der Waals surface area contributed by atoms with Crippen molar-refractivity contribution >= 4 is 23.5 Å². The second-order valence-corrected chi connectivity index (χ2v) is 6.93. The van der Waals surface area contributed by atoms with E-state index in [-0.39, 0.29) is 16.7 Å². The largest absolute Gasteiger partial charge is 0.384 e. The Morgan fingerprint density at radius 3 is 2.29 bits per heavy atom. The molecule has 1 fully saturated rings. The quantitative estimate of drug-likeness (QED) is 0.742. The fourth-order valence-corrected chi connectivity index (χ4v) is 3.63. The predicted molar refractivity (Wildman–Crippen MR) is 101 cm³/mol. The Morgan fingerprint density at radius 2 is 1.68 bits per heavy atom. The van der Waals surface area contributed by atoms with Gasteiger partial charge in [0.25, 0.3) is 11.8 Å². The predicted octanol–water partition coefficient (Wildman–Crippen LogP) is 2.53. The second-order valence-electron chi connectivity index (χ2n) is 6.93. The monoisotopic (exact) mass is 380 g/mol. The minimum absolute atomic E-state index is 0.232. The van der Waals surface area contributed by atoms with Crippen molar-refractivity contribution in [3.63, 3.8) is 0 Å². The smallest absolute Gasteiger partial charge is 0.363 e. The van der Waals surface area contributed by atoms with Crippen molar-refractivity contribution in [2.45, 2.75) is 6.42 Å². The normalized spacial score (nSPS) is 18.5. The summed E-state index contributed by atoms with van der Waals surface area (Å²) in [5, 5.41) is 0.525. The zero-order chi connectivity index (χ0) is 19.7. The molecule has 2 aliphatic rings. The molecular weight excluding hydrogens is 360 g/mol. The van der Waals surface area contributed by atoms with E-state index < -0.39 is 17.8 Å². The third-order valence-electron chi connectivity index (χ3n) is 5.09. The van der Waals surface area contributed by atoms with Crippen molar-refractivity contribution in [3.05, 3.63) is 65.2 Å². The van der Waals surface area contributed by atoms with Gasteiger partial charge in [-0.2, -0.15) is 0 Å². The van der Waals surface area contributed by atoms with E-state index >= 15 is 0 Å². The van der Waals surface area contributed by atoms with E-state index in [1.165, 1.54) is 12.1 Å². The minimum atomic E-state index is -0.750. The molecule has 2 amide bonds. The Bertz CT molecular complexity index is 890. The number of imide groups is 1. The van der Waals surface area contributed by atoms with Gasteiger partial charge in [-0.3, -0.25) is 9.59 Å². The van der Waals surface area contributed by atoms with Crippen molar-refractivity contribution < 1.29 is 24.0 Å². The van der Waals surface area contributed by atoms with Crippen LogP contribution < -0.4 is 4.90 Å². The van der Waals surface area contributed by atoms with Crippen molar-refractivity contribution in [2.24, 2.45) is 5.92 Å². The Hall–Kier alpha value is -3.19. The van der Waals surface area contributed by atoms with Crippen LogP contribution in [0.25, 0.3) is 0 Å². The van der Waals surface area contributed by atoms with Gasteiger partial charge >= 0.3 is 5.97 Å². The number of hydrogen-bond donors (Lipinski definition) is 0. The van der Waals surface area contributed by atoms with Crippen LogP contribution in [0.2, 0.25) is 0 Å². The van der Waals surface area contributed by atoms with E-state index in [9.17, 15) is 14.4 Å². The third kappa shape index (κ3) is 3.25. The number of carbonyl (C=O) groups excluding carboxylic acids is 3. The maximum atomic E-state index is 12.4. The number of benzene rings is 2. The average Bonchev–Trinajstić information content (AvgIpc) is 3.28. The van der Waals surface area contributed by atoms with Crippen LogP contribution >= 0.6 is 0 Å². The first-order valence-corrected chi connectivity index (χ1v) is 9.12. The van der Waals surface area contributed by atoms with Gasteiger partial charge in [0, 0.05) is 31.8 Å². The molecule has 0 aromatic heterocycles. The highest BCUT2D eigenvalue weighted by Crippen LogP contribution is 2.26. The summed E-state index contributed by atoms with van der Waals surface area (Å²) in [7, 11) is 1.71. The van der Waals surface area contributed by atoms with E-state index in [4.69, 9.17) is 9.57 Å². The lowest BCUT2D eigenvalue weighted by Crippen LogP contribution is -2.32. The molecule has 1 saturated heterocycles. The summed E-state index contributed by atoms with van der Waals surface area (Å²) in [5.74, 6) is -1.51. The lowest BCUT2D eigenvalue weighted by Gasteiger charge is -2.19. The Labute approximate surface area is 162 Å². The van der Waals surface area contributed by atoms with Gasteiger partial charge in [-0.05, 0) is 42.8 Å². The van der Waals surface area contributed by atoms with Crippen LogP contribution in [0.5, 0.6) is 0 Å². The molecule has 0 spiro atoms. The van der Waals surface area contributed by atoms with E-state index in [1.54, 1.807) is 31.4 Å². The lowest BCUT2D eigenvalue weighted by molar-refractivity contribution is -0.0584. The number of carbonyl (C=O) groups is 3. The fraction of sp³-hybridized carbons (Fsp3) is 0.286. The highest BCUT2D eigenvalue weighted by molar-refractivity contribution is 6.21. The van der Waals surface area contributed by atoms with Gasteiger partial charge in [0.05, 0.1) is 23.3 Å². The highest BCUT2D eigenvalue weighted by Gasteiger charge is 2.38. The van der Waals surface area contributed by atoms with E-state index in [0.717, 1.165) is 31.8 Å². The molecule has 2 heterocycles. The van der Waals surface area contributed by atoms with Gasteiger partial charge in [0.2, 0.25) is 0 Å². The first-order chi connectivity index (χ1) is 13.6. The van der Waals surface area contributed by atoms with Crippen molar-refractivity contribution in [1.82, 2.24) is 5.06 Å².